The number of ether oxygens (including phenoxy) is 1. The summed E-state index contributed by atoms with van der Waals surface area (Å²) >= 11 is 0. The monoisotopic (exact) mass is 386 g/mol. The van der Waals surface area contributed by atoms with Crippen LogP contribution >= 0.6 is 0 Å². The predicted octanol–water partition coefficient (Wildman–Crippen LogP) is 1.48. The van der Waals surface area contributed by atoms with Gasteiger partial charge in [-0.3, -0.25) is 9.59 Å². The Balaban J connectivity index is 1.89. The Morgan fingerprint density at radius 2 is 1.73 bits per heavy atom. The highest BCUT2D eigenvalue weighted by molar-refractivity contribution is 7.89. The maximum atomic E-state index is 12.9. The first-order valence-corrected chi connectivity index (χ1v) is 9.96. The van der Waals surface area contributed by atoms with Gasteiger partial charge in [0.05, 0.1) is 4.90 Å². The van der Waals surface area contributed by atoms with Gasteiger partial charge in [0.25, 0.3) is 5.91 Å². The SMILES string of the molecule is C[C@@H](NS(=O)(=O)c1ccc(F)cc1)C(=O)O[C@H](C)C(=O)NC1CCCC1. The smallest absolute Gasteiger partial charge is 0.324 e. The zero-order valence-electron chi connectivity index (χ0n) is 14.7. The fourth-order valence-corrected chi connectivity index (χ4v) is 3.87. The molecule has 0 heterocycles. The molecule has 0 aromatic heterocycles. The minimum atomic E-state index is -4.01. The molecule has 0 spiro atoms. The van der Waals surface area contributed by atoms with Crippen molar-refractivity contribution in [2.75, 3.05) is 0 Å². The number of nitrogens with one attached hydrogen (secondary N) is 2. The third kappa shape index (κ3) is 5.50. The van der Waals surface area contributed by atoms with Crippen LogP contribution in [0.3, 0.4) is 0 Å². The number of hydrogen-bond donors (Lipinski definition) is 2. The van der Waals surface area contributed by atoms with Crippen molar-refractivity contribution in [3.63, 3.8) is 0 Å². The van der Waals surface area contributed by atoms with E-state index in [1.165, 1.54) is 13.8 Å². The van der Waals surface area contributed by atoms with Crippen molar-refractivity contribution in [2.24, 2.45) is 0 Å². The van der Waals surface area contributed by atoms with Crippen LogP contribution in [0.4, 0.5) is 4.39 Å². The number of rotatable bonds is 7. The highest BCUT2D eigenvalue weighted by Gasteiger charge is 2.27. The number of benzene rings is 1. The molecule has 144 valence electrons. The molecule has 2 N–H and O–H groups in total. The predicted molar refractivity (Wildman–Crippen MR) is 92.1 cm³/mol. The van der Waals surface area contributed by atoms with E-state index < -0.39 is 39.9 Å². The van der Waals surface area contributed by atoms with Gasteiger partial charge in [0.2, 0.25) is 10.0 Å². The first kappa shape index (κ1) is 20.3. The van der Waals surface area contributed by atoms with Gasteiger partial charge in [-0.1, -0.05) is 12.8 Å². The molecule has 0 aliphatic heterocycles. The van der Waals surface area contributed by atoms with Crippen LogP contribution in [-0.2, 0) is 24.3 Å². The summed E-state index contributed by atoms with van der Waals surface area (Å²) < 4.78 is 44.5. The number of sulfonamides is 1. The number of carbonyl (C=O) groups is 2. The van der Waals surface area contributed by atoms with Crippen molar-refractivity contribution in [2.45, 2.75) is 62.6 Å². The first-order valence-electron chi connectivity index (χ1n) is 8.48. The molecule has 0 radical (unpaired) electrons. The molecule has 7 nitrogen and oxygen atoms in total. The van der Waals surface area contributed by atoms with E-state index in [0.717, 1.165) is 49.9 Å². The average Bonchev–Trinajstić information content (AvgIpc) is 3.07. The van der Waals surface area contributed by atoms with Gasteiger partial charge in [0.15, 0.2) is 6.10 Å². The number of amides is 1. The Hall–Kier alpha value is -2.00. The van der Waals surface area contributed by atoms with E-state index in [0.29, 0.717) is 0 Å². The van der Waals surface area contributed by atoms with E-state index in [2.05, 4.69) is 10.0 Å². The van der Waals surface area contributed by atoms with Crippen molar-refractivity contribution in [3.05, 3.63) is 30.1 Å². The van der Waals surface area contributed by atoms with Crippen molar-refractivity contribution in [1.82, 2.24) is 10.0 Å². The molecule has 9 heteroatoms. The third-order valence-corrected chi connectivity index (χ3v) is 5.73. The van der Waals surface area contributed by atoms with Crippen LogP contribution in [0.1, 0.15) is 39.5 Å². The number of esters is 1. The van der Waals surface area contributed by atoms with E-state index in [1.807, 2.05) is 0 Å². The van der Waals surface area contributed by atoms with E-state index >= 15 is 0 Å². The Labute approximate surface area is 152 Å². The van der Waals surface area contributed by atoms with Crippen molar-refractivity contribution < 1.29 is 27.1 Å². The lowest BCUT2D eigenvalue weighted by molar-refractivity contribution is -0.156. The van der Waals surface area contributed by atoms with Gasteiger partial charge in [0.1, 0.15) is 11.9 Å². The molecule has 1 aromatic carbocycles. The van der Waals surface area contributed by atoms with E-state index in [-0.39, 0.29) is 10.9 Å². The lowest BCUT2D eigenvalue weighted by Crippen LogP contribution is -2.45. The number of halogens is 1. The van der Waals surface area contributed by atoms with Crippen molar-refractivity contribution in [3.8, 4) is 0 Å². The first-order chi connectivity index (χ1) is 12.2. The highest BCUT2D eigenvalue weighted by atomic mass is 32.2. The lowest BCUT2D eigenvalue weighted by atomic mass is 10.2. The average molecular weight is 386 g/mol. The second kappa shape index (κ2) is 8.59. The van der Waals surface area contributed by atoms with E-state index in [9.17, 15) is 22.4 Å². The van der Waals surface area contributed by atoms with Crippen LogP contribution in [0.5, 0.6) is 0 Å². The van der Waals surface area contributed by atoms with Gasteiger partial charge >= 0.3 is 5.97 Å². The molecule has 2 rings (SSSR count). The summed E-state index contributed by atoms with van der Waals surface area (Å²) in [5, 5.41) is 2.81. The van der Waals surface area contributed by atoms with Gasteiger partial charge in [0, 0.05) is 6.04 Å². The van der Waals surface area contributed by atoms with Gasteiger partial charge in [-0.05, 0) is 51.0 Å². The normalized spacial score (nSPS) is 17.5. The molecule has 26 heavy (non-hydrogen) atoms. The van der Waals surface area contributed by atoms with E-state index in [4.69, 9.17) is 4.74 Å². The molecule has 0 unspecified atom stereocenters. The summed E-state index contributed by atoms with van der Waals surface area (Å²) in [6, 6.07) is 3.09. The molecule has 2 atom stereocenters. The Kier molecular flexibility index (Phi) is 6.71. The largest absolute Gasteiger partial charge is 0.451 e. The summed E-state index contributed by atoms with van der Waals surface area (Å²) in [6.45, 7) is 2.74. The number of carbonyl (C=O) groups excluding carboxylic acids is 2. The van der Waals surface area contributed by atoms with E-state index in [1.54, 1.807) is 0 Å². The molecule has 0 bridgehead atoms. The van der Waals surface area contributed by atoms with Gasteiger partial charge in [-0.25, -0.2) is 12.8 Å². The van der Waals surface area contributed by atoms with Gasteiger partial charge in [-0.15, -0.1) is 0 Å². The summed E-state index contributed by atoms with van der Waals surface area (Å²) in [6.07, 6.45) is 2.89. The maximum Gasteiger partial charge on any atom is 0.324 e. The van der Waals surface area contributed by atoms with Crippen LogP contribution in [0, 0.1) is 5.82 Å². The zero-order chi connectivity index (χ0) is 19.3. The van der Waals surface area contributed by atoms with Crippen LogP contribution in [0.15, 0.2) is 29.2 Å². The Morgan fingerprint density at radius 1 is 1.15 bits per heavy atom. The quantitative estimate of drug-likeness (QED) is 0.691. The van der Waals surface area contributed by atoms with Gasteiger partial charge < -0.3 is 10.1 Å². The minimum absolute atomic E-state index is 0.0954. The molecule has 1 aromatic rings. The zero-order valence-corrected chi connectivity index (χ0v) is 15.5. The number of hydrogen-bond acceptors (Lipinski definition) is 5. The standard InChI is InChI=1S/C17H23FN2O5S/c1-11(20-26(23,24)15-9-7-13(18)8-10-15)17(22)25-12(2)16(21)19-14-5-3-4-6-14/h7-12,14,20H,3-6H2,1-2H3,(H,19,21)/t11-,12-/m1/s1. The maximum absolute atomic E-state index is 12.9. The van der Waals surface area contributed by atoms with Crippen LogP contribution in [-0.4, -0.2) is 38.5 Å². The van der Waals surface area contributed by atoms with Crippen LogP contribution in [0.2, 0.25) is 0 Å². The van der Waals surface area contributed by atoms with Crippen molar-refractivity contribution >= 4 is 21.9 Å². The molecular formula is C17H23FN2O5S. The highest BCUT2D eigenvalue weighted by Crippen LogP contribution is 2.18. The summed E-state index contributed by atoms with van der Waals surface area (Å²) in [5.41, 5.74) is 0. The third-order valence-electron chi connectivity index (χ3n) is 4.17. The lowest BCUT2D eigenvalue weighted by Gasteiger charge is -2.19. The summed E-state index contributed by atoms with van der Waals surface area (Å²) in [4.78, 5) is 23.9. The second-order valence-corrected chi connectivity index (χ2v) is 8.08. The molecule has 1 fully saturated rings. The van der Waals surface area contributed by atoms with Crippen molar-refractivity contribution in [1.29, 1.82) is 0 Å². The Morgan fingerprint density at radius 3 is 2.31 bits per heavy atom. The molecular weight excluding hydrogens is 363 g/mol. The molecule has 1 aliphatic rings. The molecule has 1 saturated carbocycles. The van der Waals surface area contributed by atoms with Crippen LogP contribution in [0.25, 0.3) is 0 Å². The molecule has 1 aliphatic carbocycles. The van der Waals surface area contributed by atoms with Crippen LogP contribution < -0.4 is 10.0 Å². The second-order valence-electron chi connectivity index (χ2n) is 6.37. The fraction of sp³-hybridized carbons (Fsp3) is 0.529. The van der Waals surface area contributed by atoms with Gasteiger partial charge in [-0.2, -0.15) is 4.72 Å². The molecule has 1 amide bonds. The summed E-state index contributed by atoms with van der Waals surface area (Å²) in [5.74, 6) is -1.85. The Bertz CT molecular complexity index is 745. The molecule has 0 saturated heterocycles. The fourth-order valence-electron chi connectivity index (χ4n) is 2.68. The topological polar surface area (TPSA) is 102 Å². The minimum Gasteiger partial charge on any atom is -0.451 e. The summed E-state index contributed by atoms with van der Waals surface area (Å²) in [7, 11) is -4.01.